The number of anilines is 1. The van der Waals surface area contributed by atoms with E-state index >= 15 is 0 Å². The molecule has 0 aliphatic rings. The molecular formula is C19H21N5O. The Bertz CT molecular complexity index is 840. The summed E-state index contributed by atoms with van der Waals surface area (Å²) in [5, 5.41) is 12.4. The molecule has 3 rings (SSSR count). The molecule has 0 fully saturated rings. The van der Waals surface area contributed by atoms with Crippen LogP contribution in [-0.4, -0.2) is 32.2 Å². The fraction of sp³-hybridized carbons (Fsp3) is 0.263. The maximum Gasteiger partial charge on any atom is 0.250 e. The number of carbonyl (C=O) groups is 1. The highest BCUT2D eigenvalue weighted by molar-refractivity contribution is 5.93. The van der Waals surface area contributed by atoms with Crippen molar-refractivity contribution in [2.45, 2.75) is 33.4 Å². The van der Waals surface area contributed by atoms with Crippen molar-refractivity contribution in [3.8, 4) is 11.4 Å². The topological polar surface area (TPSA) is 63.9 Å². The van der Waals surface area contributed by atoms with Crippen molar-refractivity contribution in [1.82, 2.24) is 20.2 Å². The van der Waals surface area contributed by atoms with E-state index in [1.807, 2.05) is 75.4 Å². The molecule has 0 saturated carbocycles. The van der Waals surface area contributed by atoms with Crippen LogP contribution in [0.3, 0.4) is 0 Å². The van der Waals surface area contributed by atoms with Crippen molar-refractivity contribution in [3.63, 3.8) is 0 Å². The molecule has 128 valence electrons. The molecule has 2 aromatic carbocycles. The number of aromatic nitrogens is 4. The van der Waals surface area contributed by atoms with Gasteiger partial charge in [0.2, 0.25) is 5.82 Å². The van der Waals surface area contributed by atoms with Crippen LogP contribution in [0.5, 0.6) is 0 Å². The van der Waals surface area contributed by atoms with Crippen molar-refractivity contribution in [1.29, 1.82) is 0 Å². The molecule has 6 heteroatoms. The number of hydrogen-bond acceptors (Lipinski definition) is 4. The van der Waals surface area contributed by atoms with Crippen molar-refractivity contribution in [2.75, 3.05) is 4.90 Å². The molecule has 3 aromatic rings. The number of hydrogen-bond donors (Lipinski definition) is 0. The summed E-state index contributed by atoms with van der Waals surface area (Å²) >= 11 is 0. The summed E-state index contributed by atoms with van der Waals surface area (Å²) in [4.78, 5) is 15.8. The number of aryl methyl sites for hydroxylation is 1. The summed E-state index contributed by atoms with van der Waals surface area (Å²) in [6.07, 6.45) is 0. The minimum atomic E-state index is -0.0749. The second-order valence-electron chi connectivity index (χ2n) is 6.20. The Balaban J connectivity index is 1.77. The van der Waals surface area contributed by atoms with Crippen LogP contribution >= 0.6 is 0 Å². The predicted octanol–water partition coefficient (Wildman–Crippen LogP) is 3.09. The van der Waals surface area contributed by atoms with Crippen molar-refractivity contribution in [2.24, 2.45) is 0 Å². The molecule has 0 radical (unpaired) electrons. The van der Waals surface area contributed by atoms with E-state index in [1.54, 1.807) is 4.90 Å². The van der Waals surface area contributed by atoms with Gasteiger partial charge in [0.25, 0.3) is 5.91 Å². The monoisotopic (exact) mass is 335 g/mol. The molecule has 1 aromatic heterocycles. The van der Waals surface area contributed by atoms with E-state index in [1.165, 1.54) is 10.4 Å². The lowest BCUT2D eigenvalue weighted by atomic mass is 10.1. The van der Waals surface area contributed by atoms with Gasteiger partial charge in [-0.3, -0.25) is 4.79 Å². The van der Waals surface area contributed by atoms with Gasteiger partial charge in [0, 0.05) is 17.3 Å². The van der Waals surface area contributed by atoms with Gasteiger partial charge in [-0.05, 0) is 38.1 Å². The summed E-state index contributed by atoms with van der Waals surface area (Å²) in [6.45, 7) is 6.04. The van der Waals surface area contributed by atoms with Crippen LogP contribution in [0.2, 0.25) is 0 Å². The summed E-state index contributed by atoms with van der Waals surface area (Å²) < 4.78 is 0. The molecule has 0 aliphatic heterocycles. The van der Waals surface area contributed by atoms with E-state index in [4.69, 9.17) is 0 Å². The maximum absolute atomic E-state index is 12.7. The number of benzene rings is 2. The second-order valence-corrected chi connectivity index (χ2v) is 6.20. The van der Waals surface area contributed by atoms with Gasteiger partial charge in [-0.25, -0.2) is 0 Å². The average molecular weight is 335 g/mol. The lowest BCUT2D eigenvalue weighted by Crippen LogP contribution is -2.39. The van der Waals surface area contributed by atoms with Crippen LogP contribution in [0.1, 0.15) is 19.4 Å². The highest BCUT2D eigenvalue weighted by atomic mass is 16.2. The first-order chi connectivity index (χ1) is 12.0. The van der Waals surface area contributed by atoms with Gasteiger partial charge in [0.15, 0.2) is 0 Å². The fourth-order valence-electron chi connectivity index (χ4n) is 2.64. The SMILES string of the molecule is Cc1ccc(-c2nnn(CC(=O)N(c3ccccc3)C(C)C)n2)cc1. The van der Waals surface area contributed by atoms with Crippen molar-refractivity contribution < 1.29 is 4.79 Å². The third kappa shape index (κ3) is 3.91. The summed E-state index contributed by atoms with van der Waals surface area (Å²) in [5.41, 5.74) is 2.91. The van der Waals surface area contributed by atoms with Gasteiger partial charge >= 0.3 is 0 Å². The largest absolute Gasteiger partial charge is 0.308 e. The third-order valence-corrected chi connectivity index (χ3v) is 3.86. The number of tetrazole rings is 1. The average Bonchev–Trinajstić information content (AvgIpc) is 3.04. The lowest BCUT2D eigenvalue weighted by molar-refractivity contribution is -0.119. The van der Waals surface area contributed by atoms with Crippen LogP contribution in [0.4, 0.5) is 5.69 Å². The molecule has 0 N–H and O–H groups in total. The van der Waals surface area contributed by atoms with Gasteiger partial charge in [-0.15, -0.1) is 10.2 Å². The van der Waals surface area contributed by atoms with E-state index in [0.717, 1.165) is 11.3 Å². The summed E-state index contributed by atoms with van der Waals surface area (Å²) in [5.74, 6) is 0.442. The van der Waals surface area contributed by atoms with Crippen LogP contribution in [-0.2, 0) is 11.3 Å². The summed E-state index contributed by atoms with van der Waals surface area (Å²) in [7, 11) is 0. The molecular weight excluding hydrogens is 314 g/mol. The van der Waals surface area contributed by atoms with Crippen LogP contribution < -0.4 is 4.90 Å². The van der Waals surface area contributed by atoms with Gasteiger partial charge in [0.1, 0.15) is 6.54 Å². The van der Waals surface area contributed by atoms with Gasteiger partial charge in [0.05, 0.1) is 0 Å². The second kappa shape index (κ2) is 7.25. The minimum absolute atomic E-state index is 0.0370. The quantitative estimate of drug-likeness (QED) is 0.719. The molecule has 0 saturated heterocycles. The Labute approximate surface area is 147 Å². The molecule has 6 nitrogen and oxygen atoms in total. The first-order valence-electron chi connectivity index (χ1n) is 8.26. The molecule has 0 bridgehead atoms. The van der Waals surface area contributed by atoms with E-state index in [0.29, 0.717) is 5.82 Å². The van der Waals surface area contributed by atoms with E-state index in [9.17, 15) is 4.79 Å². The fourth-order valence-corrected chi connectivity index (χ4v) is 2.64. The van der Waals surface area contributed by atoms with Gasteiger partial charge in [-0.2, -0.15) is 4.80 Å². The number of amides is 1. The van der Waals surface area contributed by atoms with Crippen molar-refractivity contribution in [3.05, 3.63) is 60.2 Å². The first kappa shape index (κ1) is 16.8. The molecule has 1 heterocycles. The van der Waals surface area contributed by atoms with E-state index in [2.05, 4.69) is 15.4 Å². The minimum Gasteiger partial charge on any atom is -0.308 e. The Kier molecular flexibility index (Phi) is 4.88. The zero-order valence-electron chi connectivity index (χ0n) is 14.6. The van der Waals surface area contributed by atoms with Gasteiger partial charge < -0.3 is 4.90 Å². The molecule has 1 amide bonds. The summed E-state index contributed by atoms with van der Waals surface area (Å²) in [6, 6.07) is 17.5. The van der Waals surface area contributed by atoms with Crippen molar-refractivity contribution >= 4 is 11.6 Å². The molecule has 0 unspecified atom stereocenters. The highest BCUT2D eigenvalue weighted by Crippen LogP contribution is 2.18. The lowest BCUT2D eigenvalue weighted by Gasteiger charge is -2.26. The Morgan fingerprint density at radius 1 is 1.08 bits per heavy atom. The third-order valence-electron chi connectivity index (χ3n) is 3.86. The smallest absolute Gasteiger partial charge is 0.250 e. The molecule has 0 atom stereocenters. The highest BCUT2D eigenvalue weighted by Gasteiger charge is 2.20. The number of nitrogens with zero attached hydrogens (tertiary/aromatic N) is 5. The number of carbonyl (C=O) groups excluding carboxylic acids is 1. The maximum atomic E-state index is 12.7. The first-order valence-corrected chi connectivity index (χ1v) is 8.26. The Morgan fingerprint density at radius 3 is 2.40 bits per heavy atom. The predicted molar refractivity (Wildman–Crippen MR) is 97.1 cm³/mol. The standard InChI is InChI=1S/C19H21N5O/c1-14(2)24(17-7-5-4-6-8-17)18(25)13-23-21-19(20-22-23)16-11-9-15(3)10-12-16/h4-12,14H,13H2,1-3H3. The molecule has 0 aliphatic carbocycles. The zero-order chi connectivity index (χ0) is 17.8. The van der Waals surface area contributed by atoms with Crippen LogP contribution in [0, 0.1) is 6.92 Å². The normalized spacial score (nSPS) is 10.9. The molecule has 0 spiro atoms. The molecule has 25 heavy (non-hydrogen) atoms. The van der Waals surface area contributed by atoms with Gasteiger partial charge in [-0.1, -0.05) is 48.0 Å². The van der Waals surface area contributed by atoms with Crippen LogP contribution in [0.15, 0.2) is 54.6 Å². The van der Waals surface area contributed by atoms with E-state index in [-0.39, 0.29) is 18.5 Å². The Hall–Kier alpha value is -3.02. The van der Waals surface area contributed by atoms with E-state index < -0.39 is 0 Å². The number of rotatable bonds is 5. The zero-order valence-corrected chi connectivity index (χ0v) is 14.6. The van der Waals surface area contributed by atoms with Crippen LogP contribution in [0.25, 0.3) is 11.4 Å². The number of para-hydroxylation sites is 1. The Morgan fingerprint density at radius 2 is 1.76 bits per heavy atom.